The van der Waals surface area contributed by atoms with E-state index < -0.39 is 19.9 Å². The SMILES string of the molecule is O=CNC(NC(NC=O)C(Cl)(Cl)Cl)C(Cl)(Cl)Cl. The highest BCUT2D eigenvalue weighted by Crippen LogP contribution is 2.33. The molecule has 0 radical (unpaired) electrons. The predicted octanol–water partition coefficient (Wildman–Crippen LogP) is 1.46. The van der Waals surface area contributed by atoms with Crippen LogP contribution < -0.4 is 16.0 Å². The summed E-state index contributed by atoms with van der Waals surface area (Å²) in [6.07, 6.45) is -1.76. The molecule has 0 aromatic rings. The van der Waals surface area contributed by atoms with Crippen LogP contribution in [0.15, 0.2) is 0 Å². The predicted molar refractivity (Wildman–Crippen MR) is 69.7 cm³/mol. The maximum atomic E-state index is 10.3. The summed E-state index contributed by atoms with van der Waals surface area (Å²) >= 11 is 33.4. The lowest BCUT2D eigenvalue weighted by Gasteiger charge is -2.32. The molecule has 0 aliphatic heterocycles. The molecule has 0 saturated carbocycles. The van der Waals surface area contributed by atoms with Crippen LogP contribution in [0.2, 0.25) is 0 Å². The fraction of sp³-hybridized carbons (Fsp3) is 0.667. The first-order valence-corrected chi connectivity index (χ1v) is 6.18. The van der Waals surface area contributed by atoms with Crippen molar-refractivity contribution < 1.29 is 9.59 Å². The second-order valence-corrected chi connectivity index (χ2v) is 7.42. The van der Waals surface area contributed by atoms with Crippen molar-refractivity contribution in [2.75, 3.05) is 0 Å². The molecular weight excluding hydrogens is 359 g/mol. The van der Waals surface area contributed by atoms with Gasteiger partial charge in [0.1, 0.15) is 12.3 Å². The first-order chi connectivity index (χ1) is 7.62. The quantitative estimate of drug-likeness (QED) is 0.379. The zero-order valence-electron chi connectivity index (χ0n) is 7.89. The van der Waals surface area contributed by atoms with Crippen molar-refractivity contribution >= 4 is 82.4 Å². The van der Waals surface area contributed by atoms with Gasteiger partial charge in [0.15, 0.2) is 0 Å². The van der Waals surface area contributed by atoms with Crippen molar-refractivity contribution in [2.24, 2.45) is 0 Å². The van der Waals surface area contributed by atoms with Gasteiger partial charge in [0.05, 0.1) is 0 Å². The van der Waals surface area contributed by atoms with Gasteiger partial charge in [-0.25, -0.2) is 0 Å². The van der Waals surface area contributed by atoms with E-state index in [0.29, 0.717) is 0 Å². The Kier molecular flexibility index (Phi) is 7.56. The van der Waals surface area contributed by atoms with Crippen molar-refractivity contribution in [1.82, 2.24) is 16.0 Å². The Bertz CT molecular complexity index is 239. The van der Waals surface area contributed by atoms with Gasteiger partial charge in [-0.1, -0.05) is 69.6 Å². The van der Waals surface area contributed by atoms with E-state index in [-0.39, 0.29) is 12.8 Å². The second kappa shape index (κ2) is 7.28. The third kappa shape index (κ3) is 6.96. The van der Waals surface area contributed by atoms with Gasteiger partial charge < -0.3 is 10.6 Å². The van der Waals surface area contributed by atoms with E-state index in [1.165, 1.54) is 0 Å². The van der Waals surface area contributed by atoms with Crippen molar-refractivity contribution in [2.45, 2.75) is 19.9 Å². The number of alkyl halides is 6. The molecule has 0 aliphatic rings. The first kappa shape index (κ1) is 17.6. The van der Waals surface area contributed by atoms with Crippen LogP contribution in [0.25, 0.3) is 0 Å². The number of rotatable bonds is 6. The Morgan fingerprint density at radius 1 is 0.765 bits per heavy atom. The molecular formula is C6H7Cl6N3O2. The van der Waals surface area contributed by atoms with Crippen LogP contribution in [0, 0.1) is 0 Å². The molecule has 11 heteroatoms. The molecule has 0 bridgehead atoms. The highest BCUT2D eigenvalue weighted by Gasteiger charge is 2.40. The Hall–Kier alpha value is 0.640. The van der Waals surface area contributed by atoms with Crippen LogP contribution in [-0.4, -0.2) is 32.7 Å². The van der Waals surface area contributed by atoms with Crippen LogP contribution >= 0.6 is 69.6 Å². The maximum absolute atomic E-state index is 10.3. The van der Waals surface area contributed by atoms with Gasteiger partial charge in [-0.15, -0.1) is 0 Å². The largest absolute Gasteiger partial charge is 0.339 e. The fourth-order valence-electron chi connectivity index (χ4n) is 0.777. The molecule has 0 rings (SSSR count). The molecule has 0 saturated heterocycles. The normalized spacial score (nSPS) is 15.9. The number of carbonyl (C=O) groups is 2. The van der Waals surface area contributed by atoms with Gasteiger partial charge in [-0.2, -0.15) is 0 Å². The lowest BCUT2D eigenvalue weighted by atomic mass is 10.4. The maximum Gasteiger partial charge on any atom is 0.223 e. The van der Waals surface area contributed by atoms with Crippen molar-refractivity contribution in [3.8, 4) is 0 Å². The minimum atomic E-state index is -1.90. The summed E-state index contributed by atoms with van der Waals surface area (Å²) < 4.78 is -3.81. The molecule has 100 valence electrons. The summed E-state index contributed by atoms with van der Waals surface area (Å²) in [5.74, 6) is 0. The zero-order valence-corrected chi connectivity index (χ0v) is 12.4. The monoisotopic (exact) mass is 363 g/mol. The Morgan fingerprint density at radius 2 is 1.06 bits per heavy atom. The molecule has 0 spiro atoms. The molecule has 3 N–H and O–H groups in total. The van der Waals surface area contributed by atoms with Crippen LogP contribution in [0.3, 0.4) is 0 Å². The van der Waals surface area contributed by atoms with Gasteiger partial charge in [0.2, 0.25) is 20.4 Å². The lowest BCUT2D eigenvalue weighted by Crippen LogP contribution is -2.61. The molecule has 2 unspecified atom stereocenters. The van der Waals surface area contributed by atoms with E-state index in [9.17, 15) is 9.59 Å². The Morgan fingerprint density at radius 3 is 1.24 bits per heavy atom. The highest BCUT2D eigenvalue weighted by molar-refractivity contribution is 6.68. The Labute approximate surface area is 127 Å². The summed E-state index contributed by atoms with van der Waals surface area (Å²) in [6.45, 7) is 0. The van der Waals surface area contributed by atoms with Gasteiger partial charge in [0.25, 0.3) is 0 Å². The molecule has 0 aromatic carbocycles. The van der Waals surface area contributed by atoms with E-state index in [2.05, 4.69) is 16.0 Å². The van der Waals surface area contributed by atoms with Crippen LogP contribution in [0.4, 0.5) is 0 Å². The smallest absolute Gasteiger partial charge is 0.223 e. The van der Waals surface area contributed by atoms with E-state index in [4.69, 9.17) is 69.6 Å². The molecule has 2 atom stereocenters. The van der Waals surface area contributed by atoms with Crippen LogP contribution in [-0.2, 0) is 9.59 Å². The number of nitrogens with one attached hydrogen (secondary N) is 3. The fourth-order valence-corrected chi connectivity index (χ4v) is 1.53. The van der Waals surface area contributed by atoms with Gasteiger partial charge in [-0.3, -0.25) is 14.9 Å². The minimum Gasteiger partial charge on any atom is -0.339 e. The molecule has 0 fully saturated rings. The Balaban J connectivity index is 4.80. The van der Waals surface area contributed by atoms with Crippen molar-refractivity contribution in [1.29, 1.82) is 0 Å². The molecule has 0 heterocycles. The summed E-state index contributed by atoms with van der Waals surface area (Å²) in [6, 6.07) is 0. The number of hydrogen-bond acceptors (Lipinski definition) is 3. The van der Waals surface area contributed by atoms with Gasteiger partial charge >= 0.3 is 0 Å². The minimum absolute atomic E-state index is 0.288. The molecule has 17 heavy (non-hydrogen) atoms. The van der Waals surface area contributed by atoms with Crippen LogP contribution in [0.5, 0.6) is 0 Å². The topological polar surface area (TPSA) is 70.2 Å². The molecule has 5 nitrogen and oxygen atoms in total. The number of carbonyl (C=O) groups excluding carboxylic acids is 2. The first-order valence-electron chi connectivity index (χ1n) is 3.91. The van der Waals surface area contributed by atoms with E-state index >= 15 is 0 Å². The van der Waals surface area contributed by atoms with E-state index in [0.717, 1.165) is 0 Å². The molecule has 2 amide bonds. The summed E-state index contributed by atoms with van der Waals surface area (Å²) in [4.78, 5) is 20.7. The third-order valence-corrected chi connectivity index (χ3v) is 2.77. The lowest BCUT2D eigenvalue weighted by molar-refractivity contribution is -0.110. The van der Waals surface area contributed by atoms with Crippen molar-refractivity contribution in [3.63, 3.8) is 0 Å². The van der Waals surface area contributed by atoms with Gasteiger partial charge in [0, 0.05) is 0 Å². The van der Waals surface area contributed by atoms with Crippen LogP contribution in [0.1, 0.15) is 0 Å². The van der Waals surface area contributed by atoms with Crippen molar-refractivity contribution in [3.05, 3.63) is 0 Å². The standard InChI is InChI=1S/C6H7Cl6N3O2/c7-5(8,9)3(13-1-16)15-4(14-2-17)6(10,11)12/h1-4,15H,(H,13,16)(H,14,17). The average Bonchev–Trinajstić information content (AvgIpc) is 2.12. The molecule has 0 aliphatic carbocycles. The summed E-state index contributed by atoms with van der Waals surface area (Å²) in [7, 11) is 0. The second-order valence-electron chi connectivity index (χ2n) is 2.68. The van der Waals surface area contributed by atoms with E-state index in [1.807, 2.05) is 0 Å². The van der Waals surface area contributed by atoms with E-state index in [1.54, 1.807) is 0 Å². The van der Waals surface area contributed by atoms with Gasteiger partial charge in [-0.05, 0) is 0 Å². The molecule has 0 aromatic heterocycles. The third-order valence-electron chi connectivity index (χ3n) is 1.46. The number of amides is 2. The number of hydrogen-bond donors (Lipinski definition) is 3. The summed E-state index contributed by atoms with van der Waals surface area (Å²) in [5, 5.41) is 6.79. The number of halogens is 6. The zero-order chi connectivity index (χ0) is 13.7. The highest BCUT2D eigenvalue weighted by atomic mass is 35.6. The summed E-state index contributed by atoms with van der Waals surface area (Å²) in [5.41, 5.74) is 0. The average molecular weight is 366 g/mol.